The van der Waals surface area contributed by atoms with Crippen molar-refractivity contribution >= 4 is 5.91 Å². The second-order valence-corrected chi connectivity index (χ2v) is 4.93. The number of nitrogens with zero attached hydrogens (tertiary/aromatic N) is 1. The normalized spacial score (nSPS) is 19.3. The largest absolute Gasteiger partial charge is 0.338 e. The predicted octanol–water partition coefficient (Wildman–Crippen LogP) is 1.82. The van der Waals surface area contributed by atoms with Crippen LogP contribution in [0.4, 0.5) is 4.39 Å². The van der Waals surface area contributed by atoms with Crippen molar-refractivity contribution in [2.75, 3.05) is 26.7 Å². The molecule has 4 heteroatoms. The van der Waals surface area contributed by atoms with Crippen LogP contribution in [0.15, 0.2) is 18.2 Å². The Morgan fingerprint density at radius 3 is 3.00 bits per heavy atom. The number of carbonyl (C=O) groups is 1. The van der Waals surface area contributed by atoms with E-state index < -0.39 is 0 Å². The van der Waals surface area contributed by atoms with E-state index in [1.807, 2.05) is 11.9 Å². The Kier molecular flexibility index (Phi) is 3.97. The molecular weight excluding hydrogens is 231 g/mol. The fourth-order valence-corrected chi connectivity index (χ4v) is 2.38. The van der Waals surface area contributed by atoms with Gasteiger partial charge in [0.25, 0.3) is 5.91 Å². The smallest absolute Gasteiger partial charge is 0.253 e. The summed E-state index contributed by atoms with van der Waals surface area (Å²) in [6.07, 6.45) is 1.01. The molecule has 0 aliphatic carbocycles. The maximum Gasteiger partial charge on any atom is 0.253 e. The molecule has 1 saturated heterocycles. The van der Waals surface area contributed by atoms with Gasteiger partial charge in [-0.15, -0.1) is 0 Å². The minimum Gasteiger partial charge on any atom is -0.338 e. The maximum absolute atomic E-state index is 13.4. The third-order valence-corrected chi connectivity index (χ3v) is 3.48. The number of likely N-dealkylation sites (tertiary alicyclic amines) is 1. The topological polar surface area (TPSA) is 32.3 Å². The number of aryl methyl sites for hydroxylation is 1. The average molecular weight is 250 g/mol. The van der Waals surface area contributed by atoms with E-state index in [0.29, 0.717) is 17.0 Å². The standard InChI is InChI=1S/C14H19FN2O/c1-10-3-4-12(7-13(10)15)14(18)17-6-5-11(9-17)8-16-2/h3-4,7,11,16H,5-6,8-9H2,1-2H3. The molecule has 98 valence electrons. The lowest BCUT2D eigenvalue weighted by molar-refractivity contribution is 0.0786. The summed E-state index contributed by atoms with van der Waals surface area (Å²) in [6, 6.07) is 4.69. The maximum atomic E-state index is 13.4. The number of hydrogen-bond acceptors (Lipinski definition) is 2. The van der Waals surface area contributed by atoms with Crippen molar-refractivity contribution in [3.05, 3.63) is 35.1 Å². The van der Waals surface area contributed by atoms with Crippen LogP contribution >= 0.6 is 0 Å². The predicted molar refractivity (Wildman–Crippen MR) is 69.1 cm³/mol. The van der Waals surface area contributed by atoms with Gasteiger partial charge in [-0.2, -0.15) is 0 Å². The molecule has 0 aromatic heterocycles. The van der Waals surface area contributed by atoms with Gasteiger partial charge in [0.05, 0.1) is 0 Å². The molecule has 1 aliphatic rings. The van der Waals surface area contributed by atoms with E-state index in [9.17, 15) is 9.18 Å². The first-order chi connectivity index (χ1) is 8.61. The van der Waals surface area contributed by atoms with Crippen LogP contribution in [0, 0.1) is 18.7 Å². The molecule has 0 saturated carbocycles. The molecule has 1 fully saturated rings. The van der Waals surface area contributed by atoms with Gasteiger partial charge < -0.3 is 10.2 Å². The SMILES string of the molecule is CNCC1CCN(C(=O)c2ccc(C)c(F)c2)C1. The number of amides is 1. The average Bonchev–Trinajstić information content (AvgIpc) is 2.81. The van der Waals surface area contributed by atoms with E-state index in [1.54, 1.807) is 19.1 Å². The molecule has 1 amide bonds. The van der Waals surface area contributed by atoms with Gasteiger partial charge in [-0.3, -0.25) is 4.79 Å². The van der Waals surface area contributed by atoms with Gasteiger partial charge >= 0.3 is 0 Å². The molecule has 18 heavy (non-hydrogen) atoms. The van der Waals surface area contributed by atoms with Gasteiger partial charge in [-0.25, -0.2) is 4.39 Å². The summed E-state index contributed by atoms with van der Waals surface area (Å²) in [7, 11) is 1.92. The third kappa shape index (κ3) is 2.70. The zero-order valence-corrected chi connectivity index (χ0v) is 10.9. The minimum atomic E-state index is -0.313. The number of hydrogen-bond donors (Lipinski definition) is 1. The highest BCUT2D eigenvalue weighted by molar-refractivity contribution is 5.94. The van der Waals surface area contributed by atoms with Crippen molar-refractivity contribution < 1.29 is 9.18 Å². The highest BCUT2D eigenvalue weighted by Gasteiger charge is 2.26. The molecular formula is C14H19FN2O. The van der Waals surface area contributed by atoms with Gasteiger partial charge in [0.15, 0.2) is 0 Å². The Labute approximate surface area is 107 Å². The molecule has 0 bridgehead atoms. The molecule has 1 atom stereocenters. The van der Waals surface area contributed by atoms with Crippen LogP contribution in [0.2, 0.25) is 0 Å². The van der Waals surface area contributed by atoms with Gasteiger partial charge in [0, 0.05) is 18.7 Å². The highest BCUT2D eigenvalue weighted by atomic mass is 19.1. The molecule has 1 aromatic rings. The molecule has 1 N–H and O–H groups in total. The van der Waals surface area contributed by atoms with E-state index >= 15 is 0 Å². The minimum absolute atomic E-state index is 0.0625. The molecule has 1 aromatic carbocycles. The van der Waals surface area contributed by atoms with Crippen LogP contribution in [0.1, 0.15) is 22.3 Å². The van der Waals surface area contributed by atoms with Gasteiger partial charge in [0.1, 0.15) is 5.82 Å². The Bertz CT molecular complexity index is 447. The summed E-state index contributed by atoms with van der Waals surface area (Å²) in [5, 5.41) is 3.13. The summed E-state index contributed by atoms with van der Waals surface area (Å²) < 4.78 is 13.4. The van der Waals surface area contributed by atoms with E-state index in [-0.39, 0.29) is 11.7 Å². The second-order valence-electron chi connectivity index (χ2n) is 4.93. The third-order valence-electron chi connectivity index (χ3n) is 3.48. The van der Waals surface area contributed by atoms with Crippen LogP contribution in [-0.4, -0.2) is 37.5 Å². The molecule has 0 radical (unpaired) electrons. The summed E-state index contributed by atoms with van der Waals surface area (Å²) in [4.78, 5) is 14.0. The number of halogens is 1. The van der Waals surface area contributed by atoms with Crippen molar-refractivity contribution in [3.8, 4) is 0 Å². The van der Waals surface area contributed by atoms with E-state index in [0.717, 1.165) is 26.1 Å². The number of carbonyl (C=O) groups excluding carboxylic acids is 1. The van der Waals surface area contributed by atoms with Crippen LogP contribution in [0.5, 0.6) is 0 Å². The van der Waals surface area contributed by atoms with Gasteiger partial charge in [-0.1, -0.05) is 6.07 Å². The first-order valence-corrected chi connectivity index (χ1v) is 6.32. The second kappa shape index (κ2) is 5.48. The zero-order chi connectivity index (χ0) is 13.1. The Morgan fingerprint density at radius 2 is 2.33 bits per heavy atom. The summed E-state index contributed by atoms with van der Waals surface area (Å²) >= 11 is 0. The van der Waals surface area contributed by atoms with Crippen molar-refractivity contribution in [1.29, 1.82) is 0 Å². The molecule has 1 aliphatic heterocycles. The van der Waals surface area contributed by atoms with E-state index in [4.69, 9.17) is 0 Å². The number of benzene rings is 1. The van der Waals surface area contributed by atoms with E-state index in [1.165, 1.54) is 6.07 Å². The quantitative estimate of drug-likeness (QED) is 0.887. The highest BCUT2D eigenvalue weighted by Crippen LogP contribution is 2.19. The Balaban J connectivity index is 2.05. The fraction of sp³-hybridized carbons (Fsp3) is 0.500. The number of nitrogens with one attached hydrogen (secondary N) is 1. The van der Waals surface area contributed by atoms with Gasteiger partial charge in [0.2, 0.25) is 0 Å². The summed E-state index contributed by atoms with van der Waals surface area (Å²) in [5.74, 6) is 0.133. The van der Waals surface area contributed by atoms with Crippen molar-refractivity contribution in [3.63, 3.8) is 0 Å². The monoisotopic (exact) mass is 250 g/mol. The first-order valence-electron chi connectivity index (χ1n) is 6.32. The van der Waals surface area contributed by atoms with Crippen LogP contribution in [0.25, 0.3) is 0 Å². The van der Waals surface area contributed by atoms with Gasteiger partial charge in [-0.05, 0) is 50.6 Å². The van der Waals surface area contributed by atoms with Crippen LogP contribution in [0.3, 0.4) is 0 Å². The van der Waals surface area contributed by atoms with E-state index in [2.05, 4.69) is 5.32 Å². The lowest BCUT2D eigenvalue weighted by Gasteiger charge is -2.16. The number of rotatable bonds is 3. The van der Waals surface area contributed by atoms with Crippen molar-refractivity contribution in [2.45, 2.75) is 13.3 Å². The van der Waals surface area contributed by atoms with Crippen LogP contribution < -0.4 is 5.32 Å². The lowest BCUT2D eigenvalue weighted by atomic mass is 10.1. The fourth-order valence-electron chi connectivity index (χ4n) is 2.38. The van der Waals surface area contributed by atoms with Crippen LogP contribution in [-0.2, 0) is 0 Å². The summed E-state index contributed by atoms with van der Waals surface area (Å²) in [5.41, 5.74) is 1.02. The Hall–Kier alpha value is -1.42. The molecule has 2 rings (SSSR count). The molecule has 1 heterocycles. The molecule has 3 nitrogen and oxygen atoms in total. The van der Waals surface area contributed by atoms with Crippen molar-refractivity contribution in [1.82, 2.24) is 10.2 Å². The lowest BCUT2D eigenvalue weighted by Crippen LogP contribution is -2.30. The first kappa shape index (κ1) is 13.0. The Morgan fingerprint density at radius 1 is 1.56 bits per heavy atom. The van der Waals surface area contributed by atoms with Crippen molar-refractivity contribution in [2.24, 2.45) is 5.92 Å². The molecule has 0 spiro atoms. The zero-order valence-electron chi connectivity index (χ0n) is 10.9. The molecule has 1 unspecified atom stereocenters. The summed E-state index contributed by atoms with van der Waals surface area (Å²) in [6.45, 7) is 4.14.